The average molecular weight is 622 g/mol. The van der Waals surface area contributed by atoms with E-state index in [-0.39, 0.29) is 17.5 Å². The Hall–Kier alpha value is -2.95. The van der Waals surface area contributed by atoms with Gasteiger partial charge in [0.25, 0.3) is 0 Å². The summed E-state index contributed by atoms with van der Waals surface area (Å²) in [5, 5.41) is 16.1. The Morgan fingerprint density at radius 1 is 1.05 bits per heavy atom. The van der Waals surface area contributed by atoms with E-state index in [1.807, 2.05) is 12.1 Å². The van der Waals surface area contributed by atoms with E-state index in [9.17, 15) is 22.4 Å². The van der Waals surface area contributed by atoms with Crippen molar-refractivity contribution in [2.75, 3.05) is 31.2 Å². The van der Waals surface area contributed by atoms with Gasteiger partial charge in [-0.15, -0.1) is 0 Å². The third kappa shape index (κ3) is 9.81. The number of carbonyl (C=O) groups is 2. The van der Waals surface area contributed by atoms with E-state index in [4.69, 9.17) is 26.6 Å². The highest BCUT2D eigenvalue weighted by Gasteiger charge is 2.36. The molecule has 5 rings (SSSR count). The van der Waals surface area contributed by atoms with E-state index >= 15 is 0 Å². The molecule has 2 atom stereocenters. The van der Waals surface area contributed by atoms with Gasteiger partial charge in [-0.3, -0.25) is 4.90 Å². The number of aliphatic carboxylic acids is 2. The number of ether oxygens (including phenoxy) is 1. The maximum absolute atomic E-state index is 14.0. The Labute approximate surface area is 251 Å². The van der Waals surface area contributed by atoms with Crippen LogP contribution in [0, 0.1) is 11.7 Å². The highest BCUT2D eigenvalue weighted by atomic mass is 35.5. The van der Waals surface area contributed by atoms with Gasteiger partial charge in [-0.25, -0.2) is 22.4 Å². The minimum absolute atomic E-state index is 0.189. The van der Waals surface area contributed by atoms with Crippen molar-refractivity contribution in [1.82, 2.24) is 4.90 Å². The second-order valence-corrected chi connectivity index (χ2v) is 13.9. The summed E-state index contributed by atoms with van der Waals surface area (Å²) >= 11 is 6.15. The van der Waals surface area contributed by atoms with Crippen LogP contribution in [0.1, 0.15) is 54.7 Å². The predicted molar refractivity (Wildman–Crippen MR) is 158 cm³/mol. The third-order valence-corrected chi connectivity index (χ3v) is 9.96. The molecule has 228 valence electrons. The fourth-order valence-electron chi connectivity index (χ4n) is 5.62. The molecule has 2 unspecified atom stereocenters. The number of rotatable bonds is 12. The Kier molecular flexibility index (Phi) is 11.0. The van der Waals surface area contributed by atoms with Gasteiger partial charge in [0, 0.05) is 29.1 Å². The Bertz CT molecular complexity index is 1370. The van der Waals surface area contributed by atoms with Crippen molar-refractivity contribution in [3.05, 3.63) is 76.1 Å². The first-order chi connectivity index (χ1) is 20.0. The summed E-state index contributed by atoms with van der Waals surface area (Å²) in [6.07, 6.45) is 7.80. The second kappa shape index (κ2) is 14.5. The highest BCUT2D eigenvalue weighted by molar-refractivity contribution is 7.91. The molecule has 1 saturated carbocycles. The van der Waals surface area contributed by atoms with Crippen LogP contribution in [0.25, 0.3) is 0 Å². The first-order valence-corrected chi connectivity index (χ1v) is 16.5. The second-order valence-electron chi connectivity index (χ2n) is 11.2. The zero-order valence-corrected chi connectivity index (χ0v) is 25.0. The zero-order chi connectivity index (χ0) is 30.3. The van der Waals surface area contributed by atoms with Gasteiger partial charge in [0.1, 0.15) is 11.6 Å². The molecule has 2 fully saturated rings. The number of aryl methyl sites for hydroxylation is 1. The lowest BCUT2D eigenvalue weighted by atomic mass is 9.75. The lowest BCUT2D eigenvalue weighted by Gasteiger charge is -2.45. The first-order valence-electron chi connectivity index (χ1n) is 14.3. The van der Waals surface area contributed by atoms with Crippen molar-refractivity contribution in [1.29, 1.82) is 0 Å². The lowest BCUT2D eigenvalue weighted by Crippen LogP contribution is -2.49. The Balaban J connectivity index is 0.000000446. The first kappa shape index (κ1) is 32.0. The minimum Gasteiger partial charge on any atom is -0.494 e. The topological polar surface area (TPSA) is 121 Å². The predicted octanol–water partition coefficient (Wildman–Crippen LogP) is 5.13. The van der Waals surface area contributed by atoms with Crippen LogP contribution in [-0.4, -0.2) is 72.7 Å². The van der Waals surface area contributed by atoms with Gasteiger partial charge in [-0.05, 0) is 111 Å². The number of carboxylic acids is 2. The van der Waals surface area contributed by atoms with E-state index in [2.05, 4.69) is 17.0 Å². The summed E-state index contributed by atoms with van der Waals surface area (Å²) < 4.78 is 44.4. The van der Waals surface area contributed by atoms with E-state index < -0.39 is 21.8 Å². The molecular formula is C31H37ClFNO7S. The number of fused-ring (bicyclic) bond motifs is 1. The number of hydrogen-bond acceptors (Lipinski definition) is 6. The van der Waals surface area contributed by atoms with Crippen LogP contribution < -0.4 is 4.74 Å². The van der Waals surface area contributed by atoms with Crippen LogP contribution in [0.2, 0.25) is 5.02 Å². The molecular weight excluding hydrogens is 585 g/mol. The zero-order valence-electron chi connectivity index (χ0n) is 23.4. The lowest BCUT2D eigenvalue weighted by molar-refractivity contribution is -0.134. The highest BCUT2D eigenvalue weighted by Crippen LogP contribution is 2.40. The molecule has 11 heteroatoms. The molecule has 3 aliphatic rings. The van der Waals surface area contributed by atoms with Crippen LogP contribution >= 0.6 is 11.6 Å². The molecule has 0 amide bonds. The van der Waals surface area contributed by atoms with Crippen LogP contribution in [0.5, 0.6) is 5.75 Å². The molecule has 2 aromatic rings. The number of halogens is 2. The van der Waals surface area contributed by atoms with Crippen molar-refractivity contribution in [3.8, 4) is 5.75 Å². The van der Waals surface area contributed by atoms with Crippen molar-refractivity contribution >= 4 is 33.4 Å². The molecule has 1 heterocycles. The summed E-state index contributed by atoms with van der Waals surface area (Å²) in [6, 6.07) is 11.5. The van der Waals surface area contributed by atoms with Crippen molar-refractivity contribution < 1.29 is 37.3 Å². The number of nitrogens with zero attached hydrogens (tertiary/aromatic N) is 1. The van der Waals surface area contributed by atoms with Crippen LogP contribution in [0.3, 0.4) is 0 Å². The summed E-state index contributed by atoms with van der Waals surface area (Å²) in [5.41, 5.74) is 3.51. The molecule has 1 saturated heterocycles. The maximum Gasteiger partial charge on any atom is 0.328 e. The van der Waals surface area contributed by atoms with Gasteiger partial charge in [-0.2, -0.15) is 0 Å². The van der Waals surface area contributed by atoms with Crippen LogP contribution in [-0.2, 0) is 32.3 Å². The molecule has 0 bridgehead atoms. The van der Waals surface area contributed by atoms with Crippen molar-refractivity contribution in [3.63, 3.8) is 0 Å². The van der Waals surface area contributed by atoms with Gasteiger partial charge in [-0.1, -0.05) is 17.7 Å². The van der Waals surface area contributed by atoms with Gasteiger partial charge in [0.2, 0.25) is 0 Å². The number of carboxylic acid groups (broad SMARTS) is 2. The molecule has 2 aromatic carbocycles. The largest absolute Gasteiger partial charge is 0.494 e. The minimum atomic E-state index is -2.98. The molecule has 8 nitrogen and oxygen atoms in total. The molecule has 0 aromatic heterocycles. The fourth-order valence-corrected chi connectivity index (χ4v) is 7.64. The number of sulfone groups is 1. The third-order valence-electron chi connectivity index (χ3n) is 7.85. The van der Waals surface area contributed by atoms with Crippen molar-refractivity contribution in [2.24, 2.45) is 5.92 Å². The van der Waals surface area contributed by atoms with E-state index in [1.165, 1.54) is 23.6 Å². The molecule has 1 aliphatic heterocycles. The molecule has 2 aliphatic carbocycles. The van der Waals surface area contributed by atoms with Crippen molar-refractivity contribution in [2.45, 2.75) is 56.9 Å². The number of likely N-dealkylation sites (tertiary alicyclic amines) is 1. The summed E-state index contributed by atoms with van der Waals surface area (Å²) in [6.45, 7) is 2.63. The van der Waals surface area contributed by atoms with E-state index in [0.29, 0.717) is 47.9 Å². The normalized spacial score (nSPS) is 20.2. The van der Waals surface area contributed by atoms with Gasteiger partial charge < -0.3 is 14.9 Å². The van der Waals surface area contributed by atoms with E-state index in [0.717, 1.165) is 56.5 Å². The van der Waals surface area contributed by atoms with Crippen LogP contribution in [0.15, 0.2) is 48.6 Å². The maximum atomic E-state index is 14.0. The summed E-state index contributed by atoms with van der Waals surface area (Å²) in [4.78, 5) is 21.7. The molecule has 2 N–H and O–H groups in total. The monoisotopic (exact) mass is 621 g/mol. The van der Waals surface area contributed by atoms with Gasteiger partial charge in [0.05, 0.1) is 18.1 Å². The number of hydrogen-bond donors (Lipinski definition) is 2. The molecule has 0 spiro atoms. The van der Waals surface area contributed by atoms with Crippen LogP contribution in [0.4, 0.5) is 4.39 Å². The number of benzene rings is 2. The average Bonchev–Trinajstić information content (AvgIpc) is 3.69. The SMILES string of the molecule is O=C(O)/C=C/C(=O)O.O=S(=O)(CCCOc1ccc2c(c1)C(Cc1cc(F)cc(Cl)c1)C(N1CCC1)CC2)CC1CC1. The fraction of sp³-hybridized carbons (Fsp3) is 0.484. The van der Waals surface area contributed by atoms with Gasteiger partial charge >= 0.3 is 11.9 Å². The smallest absolute Gasteiger partial charge is 0.328 e. The summed E-state index contributed by atoms with van der Waals surface area (Å²) in [5.74, 6) is -0.887. The standard InChI is InChI=1S/C27H33ClFNO3S.C4H4O4/c28-22-13-20(14-23(29)16-22)15-26-25-17-24(33-11-2-12-34(31,32)18-19-3-4-19)7-5-21(25)6-8-27(26)30-9-1-10-30;5-3(6)1-2-4(7)8/h5,7,13-14,16-17,19,26-27H,1-4,6,8-12,15,18H2;1-2H,(H,5,6)(H,7,8)/b;2-1+. The van der Waals surface area contributed by atoms with Gasteiger partial charge in [0.15, 0.2) is 9.84 Å². The van der Waals surface area contributed by atoms with E-state index in [1.54, 1.807) is 6.07 Å². The molecule has 0 radical (unpaired) electrons. The Morgan fingerprint density at radius 2 is 1.76 bits per heavy atom. The Morgan fingerprint density at radius 3 is 2.36 bits per heavy atom. The molecule has 42 heavy (non-hydrogen) atoms. The summed E-state index contributed by atoms with van der Waals surface area (Å²) in [7, 11) is -2.98. The quantitative estimate of drug-likeness (QED) is 0.247.